The van der Waals surface area contributed by atoms with E-state index in [1.54, 1.807) is 0 Å². The highest BCUT2D eigenvalue weighted by Crippen LogP contribution is 2.49. The first-order valence-electron chi connectivity index (χ1n) is 6.29. The van der Waals surface area contributed by atoms with E-state index < -0.39 is 5.54 Å². The molecule has 88 valence electrons. The van der Waals surface area contributed by atoms with E-state index in [-0.39, 0.29) is 5.91 Å². The Hall–Kier alpha value is -0.970. The van der Waals surface area contributed by atoms with Gasteiger partial charge in [0.1, 0.15) is 0 Å². The molecule has 1 N–H and O–H groups in total. The zero-order valence-corrected chi connectivity index (χ0v) is 10.3. The summed E-state index contributed by atoms with van der Waals surface area (Å²) in [4.78, 5) is 11.8. The molecule has 0 spiro atoms. The van der Waals surface area contributed by atoms with Crippen LogP contribution >= 0.6 is 0 Å². The number of nitrogens with one attached hydrogen (secondary N) is 1. The van der Waals surface area contributed by atoms with E-state index in [9.17, 15) is 4.79 Å². The number of fused-ring (bicyclic) bond motifs is 2. The van der Waals surface area contributed by atoms with E-state index in [4.69, 9.17) is 6.42 Å². The highest BCUT2D eigenvalue weighted by Gasteiger charge is 2.40. The molecular weight excluding hydrogens is 198 g/mol. The largest absolute Gasteiger partial charge is 0.340 e. The van der Waals surface area contributed by atoms with E-state index in [0.29, 0.717) is 12.3 Å². The Bertz CT molecular complexity index is 326. The second kappa shape index (κ2) is 4.13. The van der Waals surface area contributed by atoms with E-state index >= 15 is 0 Å². The maximum absolute atomic E-state index is 11.8. The third kappa shape index (κ3) is 2.40. The number of amides is 1. The van der Waals surface area contributed by atoms with Crippen molar-refractivity contribution in [2.75, 3.05) is 0 Å². The lowest BCUT2D eigenvalue weighted by Gasteiger charge is -2.24. The normalized spacial score (nSPS) is 32.4. The topological polar surface area (TPSA) is 29.1 Å². The minimum atomic E-state index is -0.505. The highest BCUT2D eigenvalue weighted by atomic mass is 16.1. The molecule has 0 aromatic heterocycles. The molecular formula is C14H21NO. The van der Waals surface area contributed by atoms with Crippen LogP contribution in [-0.2, 0) is 4.79 Å². The molecule has 0 saturated heterocycles. The van der Waals surface area contributed by atoms with Crippen molar-refractivity contribution in [3.8, 4) is 12.3 Å². The Balaban J connectivity index is 1.83. The molecule has 2 aliphatic rings. The fourth-order valence-corrected chi connectivity index (χ4v) is 3.30. The third-order valence-electron chi connectivity index (χ3n) is 4.14. The number of hydrogen-bond acceptors (Lipinski definition) is 1. The molecule has 3 atom stereocenters. The molecule has 2 aliphatic carbocycles. The van der Waals surface area contributed by atoms with Gasteiger partial charge in [-0.3, -0.25) is 4.79 Å². The maximum Gasteiger partial charge on any atom is 0.221 e. The summed E-state index contributed by atoms with van der Waals surface area (Å²) in [6.45, 7) is 3.73. The smallest absolute Gasteiger partial charge is 0.221 e. The summed E-state index contributed by atoms with van der Waals surface area (Å²) >= 11 is 0. The number of rotatable bonds is 3. The molecule has 2 rings (SSSR count). The Morgan fingerprint density at radius 1 is 1.44 bits per heavy atom. The van der Waals surface area contributed by atoms with E-state index in [0.717, 1.165) is 11.8 Å². The van der Waals surface area contributed by atoms with Crippen molar-refractivity contribution in [3.63, 3.8) is 0 Å². The Labute approximate surface area is 98.2 Å². The number of terminal acetylenes is 1. The second-order valence-corrected chi connectivity index (χ2v) is 5.96. The molecule has 0 radical (unpaired) electrons. The summed E-state index contributed by atoms with van der Waals surface area (Å²) in [5.74, 6) is 5.06. The van der Waals surface area contributed by atoms with Crippen LogP contribution in [0.25, 0.3) is 0 Å². The molecule has 2 saturated carbocycles. The van der Waals surface area contributed by atoms with E-state index in [2.05, 4.69) is 11.2 Å². The summed E-state index contributed by atoms with van der Waals surface area (Å²) in [6, 6.07) is 0. The van der Waals surface area contributed by atoms with E-state index in [1.165, 1.54) is 25.7 Å². The molecule has 2 fully saturated rings. The second-order valence-electron chi connectivity index (χ2n) is 5.96. The number of hydrogen-bond donors (Lipinski definition) is 1. The first kappa shape index (κ1) is 11.5. The molecule has 2 bridgehead atoms. The van der Waals surface area contributed by atoms with Gasteiger partial charge in [-0.05, 0) is 50.9 Å². The summed E-state index contributed by atoms with van der Waals surface area (Å²) in [5.41, 5.74) is -0.505. The van der Waals surface area contributed by atoms with Gasteiger partial charge in [0.05, 0.1) is 5.54 Å². The average molecular weight is 219 g/mol. The Morgan fingerprint density at radius 3 is 2.69 bits per heavy atom. The standard InChI is InChI=1S/C14H21NO/c1-4-14(2,3)15-13(16)9-12-8-10-5-6-11(12)7-10/h1,10-12H,5-9H2,2-3H3,(H,15,16). The van der Waals surface area contributed by atoms with Gasteiger partial charge in [0.2, 0.25) is 5.91 Å². The van der Waals surface area contributed by atoms with Gasteiger partial charge in [0.15, 0.2) is 0 Å². The van der Waals surface area contributed by atoms with Crippen LogP contribution in [0.4, 0.5) is 0 Å². The lowest BCUT2D eigenvalue weighted by atomic mass is 9.86. The van der Waals surface area contributed by atoms with Crippen molar-refractivity contribution in [2.24, 2.45) is 17.8 Å². The van der Waals surface area contributed by atoms with Gasteiger partial charge in [-0.2, -0.15) is 0 Å². The first-order valence-corrected chi connectivity index (χ1v) is 6.29. The molecule has 0 aliphatic heterocycles. The van der Waals surface area contributed by atoms with Crippen LogP contribution in [0.5, 0.6) is 0 Å². The van der Waals surface area contributed by atoms with Crippen molar-refractivity contribution >= 4 is 5.91 Å². The zero-order valence-electron chi connectivity index (χ0n) is 10.3. The van der Waals surface area contributed by atoms with Gasteiger partial charge in [-0.25, -0.2) is 0 Å². The Kier molecular flexibility index (Phi) is 2.97. The minimum Gasteiger partial charge on any atom is -0.340 e. The van der Waals surface area contributed by atoms with Gasteiger partial charge in [-0.1, -0.05) is 12.3 Å². The van der Waals surface area contributed by atoms with Crippen LogP contribution in [0, 0.1) is 30.1 Å². The fraction of sp³-hybridized carbons (Fsp3) is 0.786. The van der Waals surface area contributed by atoms with Crippen LogP contribution < -0.4 is 5.32 Å². The van der Waals surface area contributed by atoms with Crippen molar-refractivity contribution in [1.82, 2.24) is 5.32 Å². The summed E-state index contributed by atoms with van der Waals surface area (Å²) in [5, 5.41) is 2.92. The van der Waals surface area contributed by atoms with Crippen molar-refractivity contribution in [1.29, 1.82) is 0 Å². The SMILES string of the molecule is C#CC(C)(C)NC(=O)CC1CC2CCC1C2. The monoisotopic (exact) mass is 219 g/mol. The average Bonchev–Trinajstić information content (AvgIpc) is 2.78. The lowest BCUT2D eigenvalue weighted by molar-refractivity contribution is -0.123. The van der Waals surface area contributed by atoms with E-state index in [1.807, 2.05) is 13.8 Å². The predicted octanol–water partition coefficient (Wildman–Crippen LogP) is 2.34. The molecule has 1 amide bonds. The van der Waals surface area contributed by atoms with Crippen LogP contribution in [0.3, 0.4) is 0 Å². The van der Waals surface area contributed by atoms with Crippen LogP contribution in [0.1, 0.15) is 46.0 Å². The Morgan fingerprint density at radius 2 is 2.19 bits per heavy atom. The summed E-state index contributed by atoms with van der Waals surface area (Å²) < 4.78 is 0. The molecule has 0 aromatic rings. The number of carbonyl (C=O) groups excluding carboxylic acids is 1. The summed E-state index contributed by atoms with van der Waals surface area (Å²) in [6.07, 6.45) is 11.4. The van der Waals surface area contributed by atoms with Crippen molar-refractivity contribution < 1.29 is 4.79 Å². The number of carbonyl (C=O) groups is 1. The van der Waals surface area contributed by atoms with Crippen LogP contribution in [0.2, 0.25) is 0 Å². The van der Waals surface area contributed by atoms with Gasteiger partial charge in [0, 0.05) is 6.42 Å². The minimum absolute atomic E-state index is 0.125. The first-order chi connectivity index (χ1) is 7.50. The molecule has 2 nitrogen and oxygen atoms in total. The van der Waals surface area contributed by atoms with Gasteiger partial charge < -0.3 is 5.32 Å². The van der Waals surface area contributed by atoms with Crippen molar-refractivity contribution in [2.45, 2.75) is 51.5 Å². The van der Waals surface area contributed by atoms with Gasteiger partial charge in [-0.15, -0.1) is 6.42 Å². The molecule has 0 heterocycles. The molecule has 16 heavy (non-hydrogen) atoms. The quantitative estimate of drug-likeness (QED) is 0.725. The van der Waals surface area contributed by atoms with Crippen molar-refractivity contribution in [3.05, 3.63) is 0 Å². The molecule has 0 aromatic carbocycles. The fourth-order valence-electron chi connectivity index (χ4n) is 3.30. The molecule has 2 heteroatoms. The maximum atomic E-state index is 11.8. The highest BCUT2D eigenvalue weighted by molar-refractivity contribution is 5.77. The lowest BCUT2D eigenvalue weighted by Crippen LogP contribution is -2.43. The third-order valence-corrected chi connectivity index (χ3v) is 4.14. The van der Waals surface area contributed by atoms with Gasteiger partial charge in [0.25, 0.3) is 0 Å². The predicted molar refractivity (Wildman–Crippen MR) is 64.6 cm³/mol. The molecule has 3 unspecified atom stereocenters. The van der Waals surface area contributed by atoms with Crippen LogP contribution in [0.15, 0.2) is 0 Å². The summed E-state index contributed by atoms with van der Waals surface area (Å²) in [7, 11) is 0. The van der Waals surface area contributed by atoms with Crippen LogP contribution in [-0.4, -0.2) is 11.4 Å². The van der Waals surface area contributed by atoms with Gasteiger partial charge >= 0.3 is 0 Å². The zero-order chi connectivity index (χ0) is 11.8.